The van der Waals surface area contributed by atoms with Gasteiger partial charge in [-0.2, -0.15) is 0 Å². The van der Waals surface area contributed by atoms with E-state index in [4.69, 9.17) is 0 Å². The summed E-state index contributed by atoms with van der Waals surface area (Å²) in [7, 11) is 0. The molecule has 0 unspecified atom stereocenters. The van der Waals surface area contributed by atoms with Crippen molar-refractivity contribution in [2.24, 2.45) is 59.2 Å². The monoisotopic (exact) mass is 2080 g/mol. The van der Waals surface area contributed by atoms with Gasteiger partial charge in [0.15, 0.2) is 0 Å². The van der Waals surface area contributed by atoms with E-state index in [2.05, 4.69) is 223 Å². The van der Waals surface area contributed by atoms with Gasteiger partial charge in [-0.25, -0.2) is 0 Å². The lowest BCUT2D eigenvalue weighted by Gasteiger charge is -2.20. The highest BCUT2D eigenvalue weighted by Crippen LogP contribution is 2.55. The van der Waals surface area contributed by atoms with Crippen molar-refractivity contribution in [3.05, 3.63) is 196 Å². The molecule has 0 spiro atoms. The topological polar surface area (TPSA) is 0 Å². The Balaban J connectivity index is -0.0000000559. The van der Waals surface area contributed by atoms with Crippen LogP contribution in [0, 0.1) is 59.2 Å². The summed E-state index contributed by atoms with van der Waals surface area (Å²) in [4.78, 5) is 0. The van der Waals surface area contributed by atoms with Crippen LogP contribution < -0.4 is 0 Å². The smallest absolute Gasteiger partial charge is 0.0143 e. The molecule has 10 aliphatic rings. The maximum absolute atomic E-state index is 2.53. The fourth-order valence-corrected chi connectivity index (χ4v) is 20.4. The molecule has 0 N–H and O–H groups in total. The molecule has 0 nitrogen and oxygen atoms in total. The Kier molecular flexibility index (Phi) is 168. The molecule has 7 aromatic rings. The minimum absolute atomic E-state index is 0. The predicted molar refractivity (Wildman–Crippen MR) is 731 cm³/mol. The molecule has 896 valence electrons. The number of hydrogen-bond donors (Lipinski definition) is 0. The minimum Gasteiger partial charge on any atom is -0.0776 e. The SMILES string of the molecule is C.C.C.C.C.C.C.C.C.C.CC.CC.CC.CC.CC.CC.CC.CC.CC.CC.CC.CC.CC.CC.CC.CC.CC.CC.CC.CC.CC.CC.CC.CC.CC.C[C@@H]1Cc2c(c3c(c4ccccc24)C[C@H](C)[C@@H]3C)[C@@H]1C.C[C@@H]1Cc2c(ccc3c2C[C@H](C)[C@@H]3C)[C@@H]1C.C[C@@H]1Cc2c3c(c4ccccc4c2[C@@H]1C)[C@@H](C)[C@@H](C)C3.C[C@@H]1Cc2cc3c(cc2[C@@H]1C)[C@@H](C)[C@@H](C)C3.C[C@@H]1Cc2ccc3c(c2[C@@H]1C)[C@@H](C)[C@@H](C)C3. The Morgan fingerprint density at radius 1 is 0.128 bits per heavy atom. The maximum atomic E-state index is 2.53. The second-order valence-corrected chi connectivity index (χ2v) is 33.0. The van der Waals surface area contributed by atoms with E-state index in [1.54, 1.807) is 133 Å². The van der Waals surface area contributed by atoms with Crippen LogP contribution in [0.2, 0.25) is 0 Å². The molecule has 0 saturated carbocycles. The quantitative estimate of drug-likeness (QED) is 0.142. The molecule has 0 aromatic heterocycles. The van der Waals surface area contributed by atoms with Crippen molar-refractivity contribution in [1.29, 1.82) is 0 Å². The molecule has 148 heavy (non-hydrogen) atoms. The average molecular weight is 2080 g/mol. The lowest BCUT2D eigenvalue weighted by Crippen LogP contribution is -2.04. The molecule has 0 saturated heterocycles. The molecule has 0 radical (unpaired) electrons. The van der Waals surface area contributed by atoms with Crippen LogP contribution in [0.15, 0.2) is 84.9 Å². The van der Waals surface area contributed by atoms with Gasteiger partial charge in [0.05, 0.1) is 0 Å². The summed E-state index contributed by atoms with van der Waals surface area (Å²) in [5.74, 6) is 15.7. The highest BCUT2D eigenvalue weighted by atomic mass is 14.5. The van der Waals surface area contributed by atoms with Gasteiger partial charge in [0.1, 0.15) is 0 Å². The minimum atomic E-state index is 0. The second kappa shape index (κ2) is 124. The van der Waals surface area contributed by atoms with Crippen LogP contribution >= 0.6 is 0 Å². The van der Waals surface area contributed by atoms with Crippen molar-refractivity contribution in [2.75, 3.05) is 0 Å². The molecule has 20 atom stereocenters. The Bertz CT molecular complexity index is 3580. The van der Waals surface area contributed by atoms with Crippen molar-refractivity contribution in [1.82, 2.24) is 0 Å². The molecule has 0 fully saturated rings. The van der Waals surface area contributed by atoms with Gasteiger partial charge in [0.2, 0.25) is 0 Å². The summed E-state index contributed by atoms with van der Waals surface area (Å²) in [6, 6.07) is 33.0. The summed E-state index contributed by atoms with van der Waals surface area (Å²) < 4.78 is 0. The van der Waals surface area contributed by atoms with Crippen LogP contribution in [0.3, 0.4) is 0 Å². The van der Waals surface area contributed by atoms with Crippen molar-refractivity contribution in [2.45, 2.75) is 682 Å². The Morgan fingerprint density at radius 2 is 0.284 bits per heavy atom. The fraction of sp³-hybridized carbons (Fsp3) is 0.743. The van der Waals surface area contributed by atoms with Crippen LogP contribution in [0.1, 0.15) is 729 Å². The molecule has 0 bridgehead atoms. The van der Waals surface area contributed by atoms with Crippen LogP contribution in [-0.4, -0.2) is 0 Å². The molecule has 10 aliphatic carbocycles. The predicted octanol–water partition coefficient (Wildman–Crippen LogP) is 55.7. The van der Waals surface area contributed by atoms with E-state index < -0.39 is 0 Å². The van der Waals surface area contributed by atoms with E-state index in [-0.39, 0.29) is 74.3 Å². The van der Waals surface area contributed by atoms with Crippen LogP contribution in [0.4, 0.5) is 0 Å². The third-order valence-corrected chi connectivity index (χ3v) is 28.0. The summed E-state index contributed by atoms with van der Waals surface area (Å²) in [5, 5.41) is 6.16. The summed E-state index contributed by atoms with van der Waals surface area (Å²) in [6.45, 7) is 148. The first-order valence-corrected chi connectivity index (χ1v) is 61.5. The first-order chi connectivity index (χ1) is 66.9. The van der Waals surface area contributed by atoms with Gasteiger partial charge in [-0.05, 0) is 315 Å². The van der Waals surface area contributed by atoms with Crippen LogP contribution in [-0.2, 0) is 64.2 Å². The van der Waals surface area contributed by atoms with E-state index in [0.717, 1.165) is 107 Å². The van der Waals surface area contributed by atoms with E-state index in [9.17, 15) is 0 Å². The Labute approximate surface area is 952 Å². The molecular formula is C148H304. The van der Waals surface area contributed by atoms with Gasteiger partial charge in [0.25, 0.3) is 0 Å². The van der Waals surface area contributed by atoms with Gasteiger partial charge >= 0.3 is 0 Å². The highest BCUT2D eigenvalue weighted by Gasteiger charge is 2.42. The first kappa shape index (κ1) is 200. The third-order valence-electron chi connectivity index (χ3n) is 28.0. The van der Waals surface area contributed by atoms with E-state index in [0.29, 0.717) is 11.8 Å². The number of benzene rings is 7. The first-order valence-electron chi connectivity index (χ1n) is 61.5. The molecule has 0 heterocycles. The zero-order chi connectivity index (χ0) is 112. The van der Waals surface area contributed by atoms with Crippen molar-refractivity contribution >= 4 is 21.5 Å². The van der Waals surface area contributed by atoms with Crippen LogP contribution in [0.25, 0.3) is 21.5 Å². The summed E-state index contributed by atoms with van der Waals surface area (Å²) in [6.07, 6.45) is 13.0. The number of rotatable bonds is 0. The standard InChI is InChI=1S/2C20H24.3C16H22.25C2H6.10CH4/c1-11-9-17-18-10-12(2)14(4)20(18)16-8-6-5-7-15(16)19(17)13(11)3;1-11-9-17-15-7-5-6-8-16(15)18-10-12(2)14(4)20(18)19(17)13(11)3;1-9-5-13-7-14-6-10(2)12(4)16(14)8-15(13)11(9)3;1-9-7-15-13(11(9)3)5-6-14-12(4)10(2)8-16(14)15;1-9-7-13-5-6-14-8-10(2)12(4)16(14)15(13)11(9)3;25*1-2;;;;;;;;;;/h2*5-8,11-14H,9-10H2,1-4H3;7-12H,5-6H2,1-4H3;2*5-6,9-12H,7-8H2,1-4H3;25*1-2H3;10*1H4/t2*11-,12+,13-,14+;3*9-,10+,11-,12+;;;;;;;;;;;;;;;;;;;;;;;;;;;;;;;;;;;. The molecule has 0 heteroatoms. The van der Waals surface area contributed by atoms with Crippen molar-refractivity contribution in [3.63, 3.8) is 0 Å². The van der Waals surface area contributed by atoms with Gasteiger partial charge in [-0.3, -0.25) is 0 Å². The third kappa shape index (κ3) is 53.7. The average Bonchev–Trinajstić information content (AvgIpc) is 1.56. The molecule has 7 aromatic carbocycles. The van der Waals surface area contributed by atoms with E-state index in [1.165, 1.54) is 64.2 Å². The molecule has 0 amide bonds. The van der Waals surface area contributed by atoms with Gasteiger partial charge < -0.3 is 0 Å². The van der Waals surface area contributed by atoms with Crippen LogP contribution in [0.5, 0.6) is 0 Å². The Hall–Kier alpha value is -4.94. The van der Waals surface area contributed by atoms with Crippen molar-refractivity contribution < 1.29 is 0 Å². The van der Waals surface area contributed by atoms with Crippen molar-refractivity contribution in [3.8, 4) is 0 Å². The maximum Gasteiger partial charge on any atom is -0.0143 e. The fourth-order valence-electron chi connectivity index (χ4n) is 20.4. The van der Waals surface area contributed by atoms with E-state index in [1.807, 2.05) is 346 Å². The lowest BCUT2D eigenvalue weighted by molar-refractivity contribution is 0.511. The summed E-state index contributed by atoms with van der Waals surface area (Å²) in [5.41, 5.74) is 33.6. The van der Waals surface area contributed by atoms with Gasteiger partial charge in [0, 0.05) is 0 Å². The Morgan fingerprint density at radius 3 is 0.507 bits per heavy atom. The summed E-state index contributed by atoms with van der Waals surface area (Å²) >= 11 is 0. The van der Waals surface area contributed by atoms with E-state index >= 15 is 0 Å². The van der Waals surface area contributed by atoms with Gasteiger partial charge in [-0.1, -0.05) is 644 Å². The zero-order valence-electron chi connectivity index (χ0n) is 109. The molecule has 0 aliphatic heterocycles. The normalized spacial score (nSPS) is 21.3. The zero-order valence-corrected chi connectivity index (χ0v) is 109. The highest BCUT2D eigenvalue weighted by molar-refractivity contribution is 5.94. The van der Waals surface area contributed by atoms with Gasteiger partial charge in [-0.15, -0.1) is 0 Å². The largest absolute Gasteiger partial charge is 0.0776 e. The molecular weight excluding hydrogens is 1780 g/mol. The lowest BCUT2D eigenvalue weighted by atomic mass is 9.85. The number of fused-ring (bicyclic) bond motifs is 20. The number of hydrogen-bond acceptors (Lipinski definition) is 0. The molecule has 17 rings (SSSR count). The second-order valence-electron chi connectivity index (χ2n) is 33.0.